The van der Waals surface area contributed by atoms with Crippen molar-refractivity contribution < 1.29 is 19.1 Å². The minimum absolute atomic E-state index is 0.0417. The third-order valence-electron chi connectivity index (χ3n) is 3.37. The highest BCUT2D eigenvalue weighted by Crippen LogP contribution is 2.41. The van der Waals surface area contributed by atoms with Crippen LogP contribution in [0.4, 0.5) is 10.1 Å². The summed E-state index contributed by atoms with van der Waals surface area (Å²) in [5.74, 6) is -2.04. The predicted octanol–water partition coefficient (Wildman–Crippen LogP) is 3.43. The number of carboxylic acid groups (broad SMARTS) is 1. The zero-order valence-corrected chi connectivity index (χ0v) is 12.7. The lowest BCUT2D eigenvalue weighted by atomic mass is 10.1. The molecule has 0 bridgehead atoms. The second kappa shape index (κ2) is 6.26. The number of benzene rings is 2. The second-order valence-electron chi connectivity index (χ2n) is 4.90. The number of carbonyl (C=O) groups is 2. The van der Waals surface area contributed by atoms with Crippen LogP contribution in [0.2, 0.25) is 0 Å². The van der Waals surface area contributed by atoms with Gasteiger partial charge >= 0.3 is 5.97 Å². The standard InChI is InChI=1S/C17H12FNO3S/c18-12-6-2-1-5-11(12)10-19-13-7-3-4-8-14(13)23-15(17(19)22)9-16(20)21/h1-9H,10H2,(H,20,21)/b15-9-. The molecule has 1 aliphatic heterocycles. The molecule has 0 aromatic heterocycles. The molecule has 0 fully saturated rings. The van der Waals surface area contributed by atoms with Crippen molar-refractivity contribution in [3.63, 3.8) is 0 Å². The molecule has 0 radical (unpaired) electrons. The van der Waals surface area contributed by atoms with Gasteiger partial charge < -0.3 is 10.0 Å². The zero-order valence-electron chi connectivity index (χ0n) is 11.9. The van der Waals surface area contributed by atoms with Crippen molar-refractivity contribution >= 4 is 29.3 Å². The van der Waals surface area contributed by atoms with Gasteiger partial charge in [-0.05, 0) is 18.2 Å². The number of rotatable bonds is 3. The number of halogens is 1. The van der Waals surface area contributed by atoms with Crippen LogP contribution in [0.1, 0.15) is 5.56 Å². The first-order valence-corrected chi connectivity index (χ1v) is 7.64. The number of hydrogen-bond donors (Lipinski definition) is 1. The van der Waals surface area contributed by atoms with Gasteiger partial charge in [-0.1, -0.05) is 42.1 Å². The molecule has 2 aromatic carbocycles. The topological polar surface area (TPSA) is 57.6 Å². The number of nitrogens with zero attached hydrogens (tertiary/aromatic N) is 1. The quantitative estimate of drug-likeness (QED) is 0.877. The lowest BCUT2D eigenvalue weighted by Gasteiger charge is -2.30. The Morgan fingerprint density at radius 2 is 1.87 bits per heavy atom. The zero-order chi connectivity index (χ0) is 16.4. The number of anilines is 1. The van der Waals surface area contributed by atoms with Gasteiger partial charge in [0.25, 0.3) is 5.91 Å². The highest BCUT2D eigenvalue weighted by atomic mass is 32.2. The average molecular weight is 329 g/mol. The van der Waals surface area contributed by atoms with E-state index in [0.29, 0.717) is 11.3 Å². The fraction of sp³-hybridized carbons (Fsp3) is 0.0588. The van der Waals surface area contributed by atoms with E-state index in [0.717, 1.165) is 22.7 Å². The van der Waals surface area contributed by atoms with Crippen LogP contribution in [0.25, 0.3) is 0 Å². The largest absolute Gasteiger partial charge is 0.478 e. The number of fused-ring (bicyclic) bond motifs is 1. The highest BCUT2D eigenvalue weighted by molar-refractivity contribution is 8.04. The molecule has 2 aromatic rings. The molecule has 0 aliphatic carbocycles. The molecule has 1 N–H and O–H groups in total. The SMILES string of the molecule is O=C(O)/C=C1\Sc2ccccc2N(Cc2ccccc2F)C1=O. The monoisotopic (exact) mass is 329 g/mol. The Morgan fingerprint density at radius 3 is 2.61 bits per heavy atom. The average Bonchev–Trinajstić information content (AvgIpc) is 2.52. The molecule has 23 heavy (non-hydrogen) atoms. The van der Waals surface area contributed by atoms with Crippen LogP contribution in [0.5, 0.6) is 0 Å². The van der Waals surface area contributed by atoms with Gasteiger partial charge in [0.2, 0.25) is 0 Å². The van der Waals surface area contributed by atoms with E-state index in [1.54, 1.807) is 42.5 Å². The van der Waals surface area contributed by atoms with Crippen molar-refractivity contribution in [3.8, 4) is 0 Å². The molecule has 1 heterocycles. The third kappa shape index (κ3) is 3.12. The molecule has 0 saturated heterocycles. The van der Waals surface area contributed by atoms with Crippen LogP contribution < -0.4 is 4.90 Å². The second-order valence-corrected chi connectivity index (χ2v) is 5.98. The van der Waals surface area contributed by atoms with Crippen molar-refractivity contribution in [1.29, 1.82) is 0 Å². The fourth-order valence-electron chi connectivity index (χ4n) is 2.33. The van der Waals surface area contributed by atoms with Crippen molar-refractivity contribution in [2.24, 2.45) is 0 Å². The summed E-state index contributed by atoms with van der Waals surface area (Å²) in [4.78, 5) is 25.8. The van der Waals surface area contributed by atoms with E-state index in [-0.39, 0.29) is 11.4 Å². The number of para-hydroxylation sites is 1. The van der Waals surface area contributed by atoms with E-state index < -0.39 is 17.7 Å². The van der Waals surface area contributed by atoms with Crippen LogP contribution in [0, 0.1) is 5.82 Å². The van der Waals surface area contributed by atoms with E-state index in [4.69, 9.17) is 5.11 Å². The number of hydrogen-bond acceptors (Lipinski definition) is 3. The molecule has 0 unspecified atom stereocenters. The highest BCUT2D eigenvalue weighted by Gasteiger charge is 2.30. The molecule has 116 valence electrons. The van der Waals surface area contributed by atoms with Crippen molar-refractivity contribution in [2.75, 3.05) is 4.90 Å². The first-order valence-electron chi connectivity index (χ1n) is 6.83. The van der Waals surface area contributed by atoms with E-state index in [1.807, 2.05) is 0 Å². The van der Waals surface area contributed by atoms with Crippen LogP contribution >= 0.6 is 11.8 Å². The number of thioether (sulfide) groups is 1. The molecular weight excluding hydrogens is 317 g/mol. The first-order chi connectivity index (χ1) is 11.1. The summed E-state index contributed by atoms with van der Waals surface area (Å²) in [6.45, 7) is 0.0417. The lowest BCUT2D eigenvalue weighted by molar-refractivity contribution is -0.131. The Kier molecular flexibility index (Phi) is 4.16. The molecular formula is C17H12FNO3S. The van der Waals surface area contributed by atoms with E-state index in [1.165, 1.54) is 11.0 Å². The summed E-state index contributed by atoms with van der Waals surface area (Å²) in [7, 11) is 0. The number of amides is 1. The summed E-state index contributed by atoms with van der Waals surface area (Å²) in [6, 6.07) is 13.4. The normalized spacial score (nSPS) is 15.6. The van der Waals surface area contributed by atoms with Gasteiger partial charge in [-0.15, -0.1) is 0 Å². The van der Waals surface area contributed by atoms with Crippen LogP contribution in [-0.4, -0.2) is 17.0 Å². The molecule has 0 spiro atoms. The van der Waals surface area contributed by atoms with E-state index >= 15 is 0 Å². The fourth-order valence-corrected chi connectivity index (χ4v) is 3.35. The molecule has 1 amide bonds. The van der Waals surface area contributed by atoms with Gasteiger partial charge in [0, 0.05) is 16.5 Å². The molecule has 0 atom stereocenters. The summed E-state index contributed by atoms with van der Waals surface area (Å²) in [6.07, 6.45) is 0.886. The van der Waals surface area contributed by atoms with Gasteiger partial charge in [0.1, 0.15) is 5.82 Å². The van der Waals surface area contributed by atoms with Crippen LogP contribution in [0.3, 0.4) is 0 Å². The summed E-state index contributed by atoms with van der Waals surface area (Å²) in [5, 5.41) is 8.93. The van der Waals surface area contributed by atoms with Gasteiger partial charge in [-0.3, -0.25) is 4.79 Å². The molecule has 4 nitrogen and oxygen atoms in total. The summed E-state index contributed by atoms with van der Waals surface area (Å²) >= 11 is 1.11. The maximum atomic E-state index is 13.9. The Bertz CT molecular complexity index is 819. The predicted molar refractivity (Wildman–Crippen MR) is 85.6 cm³/mol. The number of carbonyl (C=O) groups excluding carboxylic acids is 1. The van der Waals surface area contributed by atoms with E-state index in [2.05, 4.69) is 0 Å². The van der Waals surface area contributed by atoms with Crippen LogP contribution in [0.15, 0.2) is 64.4 Å². The van der Waals surface area contributed by atoms with Gasteiger partial charge in [-0.25, -0.2) is 9.18 Å². The van der Waals surface area contributed by atoms with Crippen molar-refractivity contribution in [1.82, 2.24) is 0 Å². The van der Waals surface area contributed by atoms with Crippen LogP contribution in [-0.2, 0) is 16.1 Å². The van der Waals surface area contributed by atoms with Gasteiger partial charge in [-0.2, -0.15) is 0 Å². The maximum absolute atomic E-state index is 13.9. The first kappa shape index (κ1) is 15.3. The molecule has 6 heteroatoms. The smallest absolute Gasteiger partial charge is 0.329 e. The third-order valence-corrected chi connectivity index (χ3v) is 4.45. The van der Waals surface area contributed by atoms with Crippen molar-refractivity contribution in [3.05, 3.63) is 70.9 Å². The van der Waals surface area contributed by atoms with Crippen molar-refractivity contribution in [2.45, 2.75) is 11.4 Å². The number of aliphatic carboxylic acids is 1. The Hall–Kier alpha value is -2.60. The maximum Gasteiger partial charge on any atom is 0.329 e. The summed E-state index contributed by atoms with van der Waals surface area (Å²) < 4.78 is 13.9. The Balaban J connectivity index is 2.04. The Labute approximate surface area is 136 Å². The molecule has 1 aliphatic rings. The van der Waals surface area contributed by atoms with Gasteiger partial charge in [0.15, 0.2) is 0 Å². The Morgan fingerprint density at radius 1 is 1.17 bits per heavy atom. The molecule has 3 rings (SSSR count). The van der Waals surface area contributed by atoms with E-state index in [9.17, 15) is 14.0 Å². The minimum Gasteiger partial charge on any atom is -0.478 e. The lowest BCUT2D eigenvalue weighted by Crippen LogP contribution is -2.34. The minimum atomic E-state index is -1.19. The van der Waals surface area contributed by atoms with Gasteiger partial charge in [0.05, 0.1) is 17.1 Å². The number of carboxylic acids is 1. The summed E-state index contributed by atoms with van der Waals surface area (Å²) in [5.41, 5.74) is 1.02. The molecule has 0 saturated carbocycles.